The number of hydrogen-bond acceptors (Lipinski definition) is 10. The second-order valence-electron chi connectivity index (χ2n) is 9.45. The van der Waals surface area contributed by atoms with E-state index in [0.29, 0.717) is 41.7 Å². The van der Waals surface area contributed by atoms with Gasteiger partial charge in [0.15, 0.2) is 29.2 Å². The van der Waals surface area contributed by atoms with Crippen molar-refractivity contribution in [2.24, 2.45) is 10.7 Å². The maximum Gasteiger partial charge on any atom is 0.232 e. The van der Waals surface area contributed by atoms with Crippen LogP contribution in [0.1, 0.15) is 31.7 Å². The predicted molar refractivity (Wildman–Crippen MR) is 141 cm³/mol. The van der Waals surface area contributed by atoms with E-state index in [2.05, 4.69) is 25.3 Å². The maximum absolute atomic E-state index is 15.2. The van der Waals surface area contributed by atoms with E-state index >= 15 is 4.39 Å². The van der Waals surface area contributed by atoms with Gasteiger partial charge in [-0.3, -0.25) is 4.99 Å². The molecule has 9 nitrogen and oxygen atoms in total. The minimum atomic E-state index is -1.11. The molecule has 12 heteroatoms. The summed E-state index contributed by atoms with van der Waals surface area (Å²) in [6.45, 7) is 4.24. The van der Waals surface area contributed by atoms with Crippen LogP contribution >= 0.6 is 11.8 Å². The van der Waals surface area contributed by atoms with Crippen LogP contribution in [-0.4, -0.2) is 38.6 Å². The lowest BCUT2D eigenvalue weighted by Crippen LogP contribution is -2.43. The minimum absolute atomic E-state index is 0.0843. The first-order valence-corrected chi connectivity index (χ1v) is 12.6. The molecule has 2 atom stereocenters. The molecule has 0 bridgehead atoms. The van der Waals surface area contributed by atoms with Crippen LogP contribution in [0.5, 0.6) is 5.75 Å². The highest BCUT2D eigenvalue weighted by molar-refractivity contribution is 8.15. The number of nitrogens with zero attached hydrogens (tertiary/aromatic N) is 4. The lowest BCUT2D eigenvalue weighted by Gasteiger charge is -2.41. The number of nitrogens with two attached hydrogens (primary N) is 1. The first-order valence-electron chi connectivity index (χ1n) is 11.7. The molecule has 5 rings (SSSR count). The third kappa shape index (κ3) is 5.27. The fraction of sp³-hybridized carbons (Fsp3) is 0.308. The number of hydrogen-bond donors (Lipinski definition) is 2. The number of nitrogens with one attached hydrogen (secondary N) is 1. The van der Waals surface area contributed by atoms with Crippen molar-refractivity contribution >= 4 is 39.3 Å². The highest BCUT2D eigenvalue weighted by atomic mass is 32.2. The zero-order valence-corrected chi connectivity index (χ0v) is 21.8. The van der Waals surface area contributed by atoms with E-state index in [9.17, 15) is 4.39 Å². The lowest BCUT2D eigenvalue weighted by molar-refractivity contribution is 0.157. The summed E-state index contributed by atoms with van der Waals surface area (Å²) in [6, 6.07) is 6.18. The fourth-order valence-corrected chi connectivity index (χ4v) is 6.01. The molecular formula is C26H26F2N6O3S. The molecule has 1 aliphatic rings. The van der Waals surface area contributed by atoms with Crippen molar-refractivity contribution in [1.82, 2.24) is 15.0 Å². The molecule has 4 heterocycles. The number of halogens is 2. The molecule has 0 unspecified atom stereocenters. The largest absolute Gasteiger partial charge is 0.482 e. The monoisotopic (exact) mass is 540 g/mol. The summed E-state index contributed by atoms with van der Waals surface area (Å²) >= 11 is 1.37. The normalized spacial score (nSPS) is 21.3. The quantitative estimate of drug-likeness (QED) is 0.307. The molecule has 0 aliphatic carbocycles. The highest BCUT2D eigenvalue weighted by Gasteiger charge is 2.44. The first kappa shape index (κ1) is 25.9. The van der Waals surface area contributed by atoms with Crippen molar-refractivity contribution in [3.05, 3.63) is 72.2 Å². The van der Waals surface area contributed by atoms with E-state index in [1.165, 1.54) is 30.3 Å². The number of oxazole rings is 1. The van der Waals surface area contributed by atoms with Gasteiger partial charge in [0, 0.05) is 40.8 Å². The van der Waals surface area contributed by atoms with E-state index in [4.69, 9.17) is 19.6 Å². The number of benzene rings is 1. The van der Waals surface area contributed by atoms with E-state index in [-0.39, 0.29) is 17.3 Å². The Morgan fingerprint density at radius 2 is 2.00 bits per heavy atom. The summed E-state index contributed by atoms with van der Waals surface area (Å²) in [7, 11) is 1.59. The Morgan fingerprint density at radius 1 is 1.16 bits per heavy atom. The molecule has 3 N–H and O–H groups in total. The maximum atomic E-state index is 15.2. The number of methoxy groups -OCH3 is 1. The Morgan fingerprint density at radius 3 is 2.76 bits per heavy atom. The molecule has 1 aromatic carbocycles. The van der Waals surface area contributed by atoms with E-state index in [1.807, 2.05) is 6.92 Å². The van der Waals surface area contributed by atoms with Crippen LogP contribution in [0.15, 0.2) is 58.5 Å². The Balaban J connectivity index is 1.45. The van der Waals surface area contributed by atoms with Crippen molar-refractivity contribution in [3.8, 4) is 5.75 Å². The number of anilines is 2. The summed E-state index contributed by atoms with van der Waals surface area (Å²) in [5.74, 6) is -0.661. The van der Waals surface area contributed by atoms with Gasteiger partial charge in [-0.1, -0.05) is 11.8 Å². The van der Waals surface area contributed by atoms with Gasteiger partial charge >= 0.3 is 0 Å². The molecule has 38 heavy (non-hydrogen) atoms. The number of aliphatic imine (C=N–C) groups is 1. The molecule has 4 aromatic rings. The molecule has 0 saturated carbocycles. The number of rotatable bonds is 8. The standard InChI is InChI=1S/C26H26F2N6O3S/c1-25(14-35-3)13-26(2,34-24(29)38-25)18-9-16(10-19(27)21(18)28)33-23-22-15(4-5-31-23)8-17(11-32-22)37-12-20-30-6-7-36-20/h4-11H,12-14H2,1-3H3,(H2,29,34)(H,31,33)/t25-,26+/m1/s1. The predicted octanol–water partition coefficient (Wildman–Crippen LogP) is 5.29. The van der Waals surface area contributed by atoms with Crippen molar-refractivity contribution in [1.29, 1.82) is 0 Å². The summed E-state index contributed by atoms with van der Waals surface area (Å²) in [5, 5.41) is 4.11. The van der Waals surface area contributed by atoms with E-state index < -0.39 is 21.9 Å². The van der Waals surface area contributed by atoms with Crippen LogP contribution in [0, 0.1) is 11.6 Å². The Labute approximate surface area is 221 Å². The van der Waals surface area contributed by atoms with Crippen molar-refractivity contribution in [3.63, 3.8) is 0 Å². The first-order chi connectivity index (χ1) is 18.2. The van der Waals surface area contributed by atoms with Crippen LogP contribution in [-0.2, 0) is 16.9 Å². The van der Waals surface area contributed by atoms with E-state index in [1.54, 1.807) is 38.6 Å². The molecule has 198 valence electrons. The topological polar surface area (TPSA) is 121 Å². The highest BCUT2D eigenvalue weighted by Crippen LogP contribution is 2.46. The minimum Gasteiger partial charge on any atom is -0.482 e. The third-order valence-corrected chi connectivity index (χ3v) is 7.22. The lowest BCUT2D eigenvalue weighted by atomic mass is 9.83. The van der Waals surface area contributed by atoms with Crippen LogP contribution in [0.4, 0.5) is 20.3 Å². The van der Waals surface area contributed by atoms with Crippen molar-refractivity contribution < 1.29 is 22.7 Å². The fourth-order valence-electron chi connectivity index (χ4n) is 4.73. The SMILES string of the molecule is COC[C@@]1(C)C[C@@](C)(c2cc(Nc3nccc4cc(OCc5ncco5)cnc34)cc(F)c2F)N=C(N)S1. The zero-order chi connectivity index (χ0) is 26.9. The summed E-state index contributed by atoms with van der Waals surface area (Å²) in [6.07, 6.45) is 6.54. The van der Waals surface area contributed by atoms with Crippen LogP contribution in [0.2, 0.25) is 0 Å². The van der Waals surface area contributed by atoms with Crippen LogP contribution in [0.3, 0.4) is 0 Å². The van der Waals surface area contributed by atoms with Gasteiger partial charge in [-0.2, -0.15) is 0 Å². The molecule has 0 spiro atoms. The molecule has 0 amide bonds. The Bertz CT molecular complexity index is 1500. The van der Waals surface area contributed by atoms with E-state index in [0.717, 1.165) is 11.5 Å². The molecule has 0 radical (unpaired) electrons. The number of ether oxygens (including phenoxy) is 2. The average molecular weight is 541 g/mol. The van der Waals surface area contributed by atoms with Gasteiger partial charge in [0.2, 0.25) is 5.89 Å². The van der Waals surface area contributed by atoms with Gasteiger partial charge < -0.3 is 24.9 Å². The van der Waals surface area contributed by atoms with Gasteiger partial charge in [0.05, 0.1) is 24.5 Å². The number of pyridine rings is 2. The molecular weight excluding hydrogens is 514 g/mol. The van der Waals surface area contributed by atoms with Crippen LogP contribution < -0.4 is 15.8 Å². The number of thioether (sulfide) groups is 1. The zero-order valence-electron chi connectivity index (χ0n) is 21.0. The molecule has 1 aliphatic heterocycles. The molecule has 0 saturated heterocycles. The number of fused-ring (bicyclic) bond motifs is 1. The summed E-state index contributed by atoms with van der Waals surface area (Å²) < 4.78 is 45.8. The Hall–Kier alpha value is -3.77. The van der Waals surface area contributed by atoms with Gasteiger partial charge in [-0.15, -0.1) is 0 Å². The third-order valence-electron chi connectivity index (χ3n) is 6.17. The summed E-state index contributed by atoms with van der Waals surface area (Å²) in [5.41, 5.74) is 5.92. The molecule has 3 aromatic heterocycles. The van der Waals surface area contributed by atoms with Crippen LogP contribution in [0.25, 0.3) is 10.9 Å². The smallest absolute Gasteiger partial charge is 0.232 e. The van der Waals surface area contributed by atoms with Gasteiger partial charge in [0.25, 0.3) is 0 Å². The molecule has 0 fully saturated rings. The second kappa shape index (κ2) is 10.2. The number of amidine groups is 1. The Kier molecular flexibility index (Phi) is 6.93. The average Bonchev–Trinajstić information content (AvgIpc) is 3.38. The second-order valence-corrected chi connectivity index (χ2v) is 11.1. The van der Waals surface area contributed by atoms with Gasteiger partial charge in [-0.05, 0) is 38.5 Å². The number of aromatic nitrogens is 3. The van der Waals surface area contributed by atoms with Crippen molar-refractivity contribution in [2.45, 2.75) is 37.2 Å². The van der Waals surface area contributed by atoms with Gasteiger partial charge in [-0.25, -0.2) is 23.7 Å². The van der Waals surface area contributed by atoms with Crippen molar-refractivity contribution in [2.75, 3.05) is 19.0 Å². The van der Waals surface area contributed by atoms with Gasteiger partial charge in [0.1, 0.15) is 17.5 Å². The summed E-state index contributed by atoms with van der Waals surface area (Å²) in [4.78, 5) is 17.4.